The molecule has 0 radical (unpaired) electrons. The summed E-state index contributed by atoms with van der Waals surface area (Å²) in [5.41, 5.74) is 5.51. The Morgan fingerprint density at radius 2 is 1.97 bits per heavy atom. The fraction of sp³-hybridized carbons (Fsp3) is 0.320. The summed E-state index contributed by atoms with van der Waals surface area (Å²) >= 11 is 7.82. The number of carbonyl (C=O) groups is 1. The van der Waals surface area contributed by atoms with Gasteiger partial charge in [0.05, 0.1) is 11.6 Å². The van der Waals surface area contributed by atoms with E-state index >= 15 is 0 Å². The molecular formula is C25H28ClN5OS. The van der Waals surface area contributed by atoms with Gasteiger partial charge < -0.3 is 10.6 Å². The van der Waals surface area contributed by atoms with Crippen LogP contribution in [-0.2, 0) is 10.5 Å². The summed E-state index contributed by atoms with van der Waals surface area (Å²) in [6, 6.07) is 13.6. The molecule has 8 heteroatoms. The normalized spacial score (nSPS) is 15.4. The second kappa shape index (κ2) is 9.61. The lowest BCUT2D eigenvalue weighted by atomic mass is 9.92. The van der Waals surface area contributed by atoms with Crippen molar-refractivity contribution in [1.29, 1.82) is 0 Å². The zero-order valence-electron chi connectivity index (χ0n) is 19.4. The number of aryl methyl sites for hydroxylation is 2. The van der Waals surface area contributed by atoms with Crippen molar-refractivity contribution in [2.75, 3.05) is 10.6 Å². The SMILES string of the molecule is CC1=C(C(=O)Nc2ccc(C)cc2C)[C@@H](C(C)C)n2nc(SCc3ccccc3Cl)nc2N1. The summed E-state index contributed by atoms with van der Waals surface area (Å²) in [6.45, 7) is 10.1. The predicted octanol–water partition coefficient (Wildman–Crippen LogP) is 6.38. The van der Waals surface area contributed by atoms with Crippen molar-refractivity contribution in [3.63, 3.8) is 0 Å². The first-order valence-electron chi connectivity index (χ1n) is 10.9. The molecule has 2 heterocycles. The highest BCUT2D eigenvalue weighted by molar-refractivity contribution is 7.98. The highest BCUT2D eigenvalue weighted by Crippen LogP contribution is 2.37. The van der Waals surface area contributed by atoms with E-state index in [9.17, 15) is 4.79 Å². The van der Waals surface area contributed by atoms with Crippen LogP contribution in [0.1, 0.15) is 43.5 Å². The van der Waals surface area contributed by atoms with Crippen LogP contribution in [0.25, 0.3) is 0 Å². The van der Waals surface area contributed by atoms with Crippen molar-refractivity contribution in [1.82, 2.24) is 14.8 Å². The van der Waals surface area contributed by atoms with Gasteiger partial charge in [0.15, 0.2) is 0 Å². The van der Waals surface area contributed by atoms with Crippen LogP contribution >= 0.6 is 23.4 Å². The number of anilines is 2. The molecule has 33 heavy (non-hydrogen) atoms. The van der Waals surface area contributed by atoms with Gasteiger partial charge in [0.1, 0.15) is 0 Å². The minimum atomic E-state index is -0.228. The molecule has 0 aliphatic carbocycles. The Labute approximate surface area is 203 Å². The number of thioether (sulfide) groups is 1. The van der Waals surface area contributed by atoms with E-state index in [1.807, 2.05) is 61.9 Å². The molecule has 0 unspecified atom stereocenters. The van der Waals surface area contributed by atoms with Crippen LogP contribution in [-0.4, -0.2) is 20.7 Å². The molecule has 2 N–H and O–H groups in total. The Bertz CT molecular complexity index is 1230. The molecule has 1 aliphatic heterocycles. The van der Waals surface area contributed by atoms with Crippen molar-refractivity contribution >= 4 is 40.9 Å². The number of benzene rings is 2. The van der Waals surface area contributed by atoms with Crippen LogP contribution < -0.4 is 10.6 Å². The van der Waals surface area contributed by atoms with E-state index in [0.29, 0.717) is 22.4 Å². The quantitative estimate of drug-likeness (QED) is 0.400. The Balaban J connectivity index is 1.59. The molecule has 1 aliphatic rings. The van der Waals surface area contributed by atoms with E-state index < -0.39 is 0 Å². The lowest BCUT2D eigenvalue weighted by Crippen LogP contribution is -2.33. The molecule has 6 nitrogen and oxygen atoms in total. The van der Waals surface area contributed by atoms with Crippen LogP contribution in [0.5, 0.6) is 0 Å². The van der Waals surface area contributed by atoms with Gasteiger partial charge in [0.25, 0.3) is 5.91 Å². The number of fused-ring (bicyclic) bond motifs is 1. The Kier molecular flexibility index (Phi) is 6.81. The average Bonchev–Trinajstić information content (AvgIpc) is 3.16. The van der Waals surface area contributed by atoms with Crippen molar-refractivity contribution in [3.8, 4) is 0 Å². The predicted molar refractivity (Wildman–Crippen MR) is 136 cm³/mol. The molecule has 2 aromatic carbocycles. The first-order valence-corrected chi connectivity index (χ1v) is 12.3. The lowest BCUT2D eigenvalue weighted by molar-refractivity contribution is -0.113. The van der Waals surface area contributed by atoms with E-state index in [1.54, 1.807) is 0 Å². The topological polar surface area (TPSA) is 71.8 Å². The minimum absolute atomic E-state index is 0.128. The maximum Gasteiger partial charge on any atom is 0.255 e. The van der Waals surface area contributed by atoms with Gasteiger partial charge in [0, 0.05) is 22.2 Å². The third-order valence-electron chi connectivity index (χ3n) is 5.70. The summed E-state index contributed by atoms with van der Waals surface area (Å²) in [6.07, 6.45) is 0. The van der Waals surface area contributed by atoms with Crippen molar-refractivity contribution in [2.45, 2.75) is 51.6 Å². The molecule has 3 aromatic rings. The second-order valence-electron chi connectivity index (χ2n) is 8.67. The zero-order valence-corrected chi connectivity index (χ0v) is 21.0. The van der Waals surface area contributed by atoms with Crippen molar-refractivity contribution in [3.05, 3.63) is 75.4 Å². The molecule has 4 rings (SSSR count). The number of amides is 1. The third-order valence-corrected chi connectivity index (χ3v) is 6.95. The van der Waals surface area contributed by atoms with Crippen molar-refractivity contribution < 1.29 is 4.79 Å². The first kappa shape index (κ1) is 23.4. The van der Waals surface area contributed by atoms with Gasteiger partial charge in [-0.3, -0.25) is 4.79 Å². The molecule has 0 bridgehead atoms. The van der Waals surface area contributed by atoms with Crippen molar-refractivity contribution in [2.24, 2.45) is 5.92 Å². The zero-order chi connectivity index (χ0) is 23.7. The monoisotopic (exact) mass is 481 g/mol. The lowest BCUT2D eigenvalue weighted by Gasteiger charge is -2.30. The van der Waals surface area contributed by atoms with E-state index in [1.165, 1.54) is 11.8 Å². The second-order valence-corrected chi connectivity index (χ2v) is 10.0. The highest BCUT2D eigenvalue weighted by atomic mass is 35.5. The van der Waals surface area contributed by atoms with Gasteiger partial charge in [-0.25, -0.2) is 4.68 Å². The fourth-order valence-electron chi connectivity index (χ4n) is 4.04. The third kappa shape index (κ3) is 4.94. The van der Waals surface area contributed by atoms with E-state index in [2.05, 4.69) is 35.5 Å². The molecule has 172 valence electrons. The first-order chi connectivity index (χ1) is 15.7. The summed E-state index contributed by atoms with van der Waals surface area (Å²) in [4.78, 5) is 18.1. The van der Waals surface area contributed by atoms with Gasteiger partial charge in [-0.15, -0.1) is 5.10 Å². The van der Waals surface area contributed by atoms with Crippen LogP contribution in [0, 0.1) is 19.8 Å². The van der Waals surface area contributed by atoms with Crippen LogP contribution in [0.2, 0.25) is 5.02 Å². The number of nitrogens with zero attached hydrogens (tertiary/aromatic N) is 3. The summed E-state index contributed by atoms with van der Waals surface area (Å²) in [7, 11) is 0. The molecule has 1 aromatic heterocycles. The standard InChI is InChI=1S/C25H28ClN5OS/c1-14(2)22-21(23(32)28-20-11-10-15(3)12-16(20)4)17(5)27-24-29-25(30-31(22)24)33-13-18-8-6-7-9-19(18)26/h6-12,14,22H,13H2,1-5H3,(H,28,32)(H,27,29,30)/t22-/m1/s1. The van der Waals surface area contributed by atoms with Crippen LogP contribution in [0.3, 0.4) is 0 Å². The van der Waals surface area contributed by atoms with E-state index in [4.69, 9.17) is 16.7 Å². The fourth-order valence-corrected chi connectivity index (χ4v) is 5.16. The summed E-state index contributed by atoms with van der Waals surface area (Å²) in [5.74, 6) is 1.33. The number of hydrogen-bond acceptors (Lipinski definition) is 5. The largest absolute Gasteiger partial charge is 0.328 e. The van der Waals surface area contributed by atoms with Gasteiger partial charge in [-0.1, -0.05) is 73.1 Å². The Morgan fingerprint density at radius 3 is 2.67 bits per heavy atom. The molecule has 0 saturated carbocycles. The summed E-state index contributed by atoms with van der Waals surface area (Å²) < 4.78 is 1.84. The smallest absolute Gasteiger partial charge is 0.255 e. The molecule has 0 spiro atoms. The Hall–Kier alpha value is -2.77. The van der Waals surface area contributed by atoms with Gasteiger partial charge in [-0.2, -0.15) is 4.98 Å². The van der Waals surface area contributed by atoms with Gasteiger partial charge >= 0.3 is 0 Å². The summed E-state index contributed by atoms with van der Waals surface area (Å²) in [5, 5.41) is 12.5. The number of rotatable bonds is 6. The number of hydrogen-bond donors (Lipinski definition) is 2. The molecule has 0 fully saturated rings. The van der Waals surface area contributed by atoms with E-state index in [0.717, 1.165) is 33.1 Å². The number of nitrogens with one attached hydrogen (secondary N) is 2. The average molecular weight is 482 g/mol. The molecule has 1 amide bonds. The molecular weight excluding hydrogens is 454 g/mol. The molecule has 1 atom stereocenters. The number of carbonyl (C=O) groups excluding carboxylic acids is 1. The maximum absolute atomic E-state index is 13.4. The highest BCUT2D eigenvalue weighted by Gasteiger charge is 2.35. The number of halogens is 1. The molecule has 0 saturated heterocycles. The van der Waals surface area contributed by atoms with Gasteiger partial charge in [-0.05, 0) is 49.9 Å². The minimum Gasteiger partial charge on any atom is -0.328 e. The van der Waals surface area contributed by atoms with E-state index in [-0.39, 0.29) is 17.9 Å². The van der Waals surface area contributed by atoms with Crippen LogP contribution in [0.4, 0.5) is 11.6 Å². The number of allylic oxidation sites excluding steroid dienone is 1. The van der Waals surface area contributed by atoms with Crippen LogP contribution in [0.15, 0.2) is 58.9 Å². The Morgan fingerprint density at radius 1 is 1.21 bits per heavy atom. The van der Waals surface area contributed by atoms with Gasteiger partial charge in [0.2, 0.25) is 11.1 Å². The number of aromatic nitrogens is 3. The maximum atomic E-state index is 13.4.